The third kappa shape index (κ3) is 3.34. The van der Waals surface area contributed by atoms with E-state index in [0.717, 1.165) is 12.1 Å². The Hall–Kier alpha value is -1.39. The molecular weight excluding hydrogens is 204 g/mol. The largest absolute Gasteiger partial charge is 0.509 e. The second-order valence-corrected chi connectivity index (χ2v) is 3.21. The number of benzene rings is 1. The zero-order chi connectivity index (χ0) is 11.5. The van der Waals surface area contributed by atoms with Crippen molar-refractivity contribution in [3.63, 3.8) is 0 Å². The quantitative estimate of drug-likeness (QED) is 0.554. The molecule has 0 saturated heterocycles. The topological polar surface area (TPSA) is 9.23 Å². The molecule has 82 valence electrons. The van der Waals surface area contributed by atoms with Crippen molar-refractivity contribution in [1.82, 2.24) is 0 Å². The highest BCUT2D eigenvalue weighted by molar-refractivity contribution is 6.73. The van der Waals surface area contributed by atoms with E-state index in [4.69, 9.17) is 4.74 Å². The number of halogens is 3. The smallest absolute Gasteiger partial charge is 0.487 e. The summed E-state index contributed by atoms with van der Waals surface area (Å²) in [4.78, 5) is 0. The molecule has 5 heteroatoms. The van der Waals surface area contributed by atoms with Crippen molar-refractivity contribution in [1.29, 1.82) is 0 Å². The third-order valence-corrected chi connectivity index (χ3v) is 1.89. The Labute approximate surface area is 86.6 Å². The molecule has 1 atom stereocenters. The van der Waals surface area contributed by atoms with Gasteiger partial charge in [0.2, 0.25) is 0 Å². The molecule has 0 bridgehead atoms. The van der Waals surface area contributed by atoms with Crippen LogP contribution in [0.5, 0.6) is 5.75 Å². The number of hydrogen-bond donors (Lipinski definition) is 0. The molecule has 1 aromatic rings. The van der Waals surface area contributed by atoms with Gasteiger partial charge in [0.05, 0.1) is 0 Å². The molecule has 0 spiro atoms. The van der Waals surface area contributed by atoms with Crippen LogP contribution in [0.3, 0.4) is 0 Å². The van der Waals surface area contributed by atoms with Crippen molar-refractivity contribution >= 4 is 12.4 Å². The van der Waals surface area contributed by atoms with E-state index in [1.807, 2.05) is 0 Å². The molecule has 1 rings (SSSR count). The van der Waals surface area contributed by atoms with E-state index < -0.39 is 12.4 Å². The monoisotopic (exact) mass is 215 g/mol. The van der Waals surface area contributed by atoms with Crippen LogP contribution in [0.4, 0.5) is 12.9 Å². The number of hydrogen-bond acceptors (Lipinski definition) is 1. The van der Waals surface area contributed by atoms with Crippen LogP contribution in [-0.4, -0.2) is 13.1 Å². The Morgan fingerprint density at radius 1 is 1.40 bits per heavy atom. The van der Waals surface area contributed by atoms with Gasteiger partial charge < -0.3 is 17.7 Å². The summed E-state index contributed by atoms with van der Waals surface area (Å²) in [7, 11) is 0. The van der Waals surface area contributed by atoms with Gasteiger partial charge in [0.15, 0.2) is 0 Å². The third-order valence-electron chi connectivity index (χ3n) is 1.89. The summed E-state index contributed by atoms with van der Waals surface area (Å²) in [5, 5.41) is 0. The first-order valence-corrected chi connectivity index (χ1v) is 4.52. The molecule has 1 nitrogen and oxygen atoms in total. The van der Waals surface area contributed by atoms with Crippen LogP contribution in [0.25, 0.3) is 0 Å². The van der Waals surface area contributed by atoms with Gasteiger partial charge in [-0.3, -0.25) is 0 Å². The molecule has 0 saturated carbocycles. The van der Waals surface area contributed by atoms with Gasteiger partial charge in [0, 0.05) is 0 Å². The lowest BCUT2D eigenvalue weighted by Crippen LogP contribution is -2.33. The van der Waals surface area contributed by atoms with E-state index in [1.54, 1.807) is 6.92 Å². The average Bonchev–Trinajstić information content (AvgIpc) is 2.17. The summed E-state index contributed by atoms with van der Waals surface area (Å²) in [6.07, 6.45) is 1.21. The molecule has 1 unspecified atom stereocenters. The van der Waals surface area contributed by atoms with Gasteiger partial charge in [0.1, 0.15) is 11.9 Å². The van der Waals surface area contributed by atoms with Crippen molar-refractivity contribution in [2.45, 2.75) is 13.0 Å². The lowest BCUT2D eigenvalue weighted by molar-refractivity contribution is 0.270. The Bertz CT molecular complexity index is 349. The molecule has 15 heavy (non-hydrogen) atoms. The van der Waals surface area contributed by atoms with E-state index >= 15 is 0 Å². The van der Waals surface area contributed by atoms with Crippen molar-refractivity contribution < 1.29 is 17.7 Å². The first-order valence-electron chi connectivity index (χ1n) is 4.52. The van der Waals surface area contributed by atoms with Crippen LogP contribution in [-0.2, 0) is 0 Å². The van der Waals surface area contributed by atoms with Gasteiger partial charge >= 0.3 is 6.98 Å². The standard InChI is InChI=1S/C10H11BF3O/c1-3-8(2)15-10-6-4-5-9(7-10)11(12,13)14/h3-8H,1H2,2H3/q-1. The lowest BCUT2D eigenvalue weighted by atomic mass is 9.80. The van der Waals surface area contributed by atoms with E-state index in [9.17, 15) is 12.9 Å². The molecule has 0 radical (unpaired) electrons. The molecule has 0 aliphatic rings. The minimum absolute atomic E-state index is 0.208. The van der Waals surface area contributed by atoms with E-state index in [0.29, 0.717) is 0 Å². The van der Waals surface area contributed by atoms with Gasteiger partial charge in [-0.15, -0.1) is 5.46 Å². The van der Waals surface area contributed by atoms with Crippen molar-refractivity contribution in [2.24, 2.45) is 0 Å². The highest BCUT2D eigenvalue weighted by Crippen LogP contribution is 2.15. The summed E-state index contributed by atoms with van der Waals surface area (Å²) in [6, 6.07) is 4.85. The summed E-state index contributed by atoms with van der Waals surface area (Å²) >= 11 is 0. The molecule has 0 amide bonds. The molecule has 0 heterocycles. The molecule has 0 aliphatic carbocycles. The average molecular weight is 215 g/mol. The zero-order valence-electron chi connectivity index (χ0n) is 8.29. The Morgan fingerprint density at radius 3 is 2.60 bits per heavy atom. The summed E-state index contributed by atoms with van der Waals surface area (Å²) < 4.78 is 42.3. The van der Waals surface area contributed by atoms with Crippen molar-refractivity contribution in [2.75, 3.05) is 0 Å². The maximum atomic E-state index is 12.4. The van der Waals surface area contributed by atoms with Crippen LogP contribution in [0, 0.1) is 0 Å². The fraction of sp³-hybridized carbons (Fsp3) is 0.200. The second kappa shape index (κ2) is 4.42. The van der Waals surface area contributed by atoms with Crippen molar-refractivity contribution in [3.05, 3.63) is 36.9 Å². The SMILES string of the molecule is C=CC(C)Oc1cccc([B-](F)(F)F)c1. The van der Waals surface area contributed by atoms with Gasteiger partial charge in [0.25, 0.3) is 0 Å². The maximum absolute atomic E-state index is 12.4. The Balaban J connectivity index is 2.88. The van der Waals surface area contributed by atoms with E-state index in [2.05, 4.69) is 6.58 Å². The summed E-state index contributed by atoms with van der Waals surface area (Å²) in [5.74, 6) is 0.208. The normalized spacial score (nSPS) is 13.3. The summed E-state index contributed by atoms with van der Waals surface area (Å²) in [5.41, 5.74) is -0.649. The first-order chi connectivity index (χ1) is 6.93. The van der Waals surface area contributed by atoms with Crippen LogP contribution in [0.1, 0.15) is 6.92 Å². The van der Waals surface area contributed by atoms with Gasteiger partial charge in [-0.2, -0.15) is 0 Å². The maximum Gasteiger partial charge on any atom is 0.509 e. The highest BCUT2D eigenvalue weighted by Gasteiger charge is 2.25. The lowest BCUT2D eigenvalue weighted by Gasteiger charge is -2.17. The van der Waals surface area contributed by atoms with Crippen LogP contribution in [0.2, 0.25) is 0 Å². The molecule has 1 aromatic carbocycles. The highest BCUT2D eigenvalue weighted by atomic mass is 19.4. The summed E-state index contributed by atoms with van der Waals surface area (Å²) in [6.45, 7) is 0.227. The van der Waals surface area contributed by atoms with Crippen molar-refractivity contribution in [3.8, 4) is 5.75 Å². The minimum Gasteiger partial charge on any atom is -0.487 e. The van der Waals surface area contributed by atoms with Gasteiger partial charge in [-0.25, -0.2) is 0 Å². The minimum atomic E-state index is -4.96. The molecule has 0 aromatic heterocycles. The van der Waals surface area contributed by atoms with Crippen LogP contribution in [0.15, 0.2) is 36.9 Å². The first kappa shape index (κ1) is 11.7. The second-order valence-electron chi connectivity index (χ2n) is 3.21. The fourth-order valence-electron chi connectivity index (χ4n) is 1.05. The fourth-order valence-corrected chi connectivity index (χ4v) is 1.05. The molecule has 0 N–H and O–H groups in total. The number of rotatable bonds is 4. The molecular formula is C10H11BF3O-. The zero-order valence-corrected chi connectivity index (χ0v) is 8.29. The molecule has 0 fully saturated rings. The van der Waals surface area contributed by atoms with Gasteiger partial charge in [-0.05, 0) is 19.1 Å². The van der Waals surface area contributed by atoms with Gasteiger partial charge in [-0.1, -0.05) is 24.8 Å². The number of ether oxygens (including phenoxy) is 1. The predicted molar refractivity (Wildman–Crippen MR) is 55.4 cm³/mol. The van der Waals surface area contributed by atoms with Crippen LogP contribution >= 0.6 is 0 Å². The Morgan fingerprint density at radius 2 is 2.07 bits per heavy atom. The molecule has 0 aliphatic heterocycles. The van der Waals surface area contributed by atoms with E-state index in [1.165, 1.54) is 18.2 Å². The Kier molecular flexibility index (Phi) is 3.45. The van der Waals surface area contributed by atoms with Crippen LogP contribution < -0.4 is 10.2 Å². The van der Waals surface area contributed by atoms with E-state index in [-0.39, 0.29) is 11.9 Å². The predicted octanol–water partition coefficient (Wildman–Crippen LogP) is 2.69.